The van der Waals surface area contributed by atoms with Crippen LogP contribution in [0.2, 0.25) is 0 Å². The van der Waals surface area contributed by atoms with Crippen LogP contribution in [0.3, 0.4) is 0 Å². The SMILES string of the molecule is O=C(NCC(F)(F)F)c1ccc(Br)c(O)c1. The third-order valence-electron chi connectivity index (χ3n) is 1.66. The van der Waals surface area contributed by atoms with E-state index in [1.54, 1.807) is 5.32 Å². The molecule has 0 unspecified atom stereocenters. The number of phenolic OH excluding ortho intramolecular Hbond substituents is 1. The summed E-state index contributed by atoms with van der Waals surface area (Å²) >= 11 is 2.99. The Hall–Kier alpha value is -1.24. The number of aromatic hydroxyl groups is 1. The average molecular weight is 298 g/mol. The van der Waals surface area contributed by atoms with Gasteiger partial charge in [0.25, 0.3) is 5.91 Å². The molecule has 0 fully saturated rings. The molecular formula is C9H7BrF3NO2. The molecule has 0 atom stereocenters. The number of halogens is 4. The molecule has 1 amide bonds. The number of hydrogen-bond donors (Lipinski definition) is 2. The van der Waals surface area contributed by atoms with Crippen LogP contribution in [0.25, 0.3) is 0 Å². The zero-order chi connectivity index (χ0) is 12.3. The van der Waals surface area contributed by atoms with Gasteiger partial charge in [0.15, 0.2) is 0 Å². The van der Waals surface area contributed by atoms with Crippen molar-refractivity contribution in [3.8, 4) is 5.75 Å². The fraction of sp³-hybridized carbons (Fsp3) is 0.222. The molecule has 3 nitrogen and oxygen atoms in total. The number of carbonyl (C=O) groups is 1. The van der Waals surface area contributed by atoms with Crippen LogP contribution < -0.4 is 5.32 Å². The molecule has 88 valence electrons. The predicted octanol–water partition coefficient (Wildman–Crippen LogP) is 2.45. The maximum atomic E-state index is 11.8. The molecule has 1 aromatic rings. The van der Waals surface area contributed by atoms with Gasteiger partial charge in [-0.05, 0) is 34.1 Å². The van der Waals surface area contributed by atoms with Crippen molar-refractivity contribution in [2.45, 2.75) is 6.18 Å². The molecule has 0 heterocycles. The van der Waals surface area contributed by atoms with E-state index in [2.05, 4.69) is 15.9 Å². The van der Waals surface area contributed by atoms with E-state index in [4.69, 9.17) is 0 Å². The normalized spacial score (nSPS) is 11.2. The maximum absolute atomic E-state index is 11.8. The second-order valence-corrected chi connectivity index (χ2v) is 3.82. The largest absolute Gasteiger partial charge is 0.507 e. The van der Waals surface area contributed by atoms with Gasteiger partial charge in [-0.1, -0.05) is 0 Å². The number of carbonyl (C=O) groups excluding carboxylic acids is 1. The summed E-state index contributed by atoms with van der Waals surface area (Å²) in [6.07, 6.45) is -4.45. The molecule has 16 heavy (non-hydrogen) atoms. The van der Waals surface area contributed by atoms with Crippen LogP contribution in [-0.2, 0) is 0 Å². The Morgan fingerprint density at radius 2 is 2.06 bits per heavy atom. The highest BCUT2D eigenvalue weighted by Crippen LogP contribution is 2.24. The van der Waals surface area contributed by atoms with Gasteiger partial charge >= 0.3 is 6.18 Å². The van der Waals surface area contributed by atoms with Crippen molar-refractivity contribution in [1.29, 1.82) is 0 Å². The van der Waals surface area contributed by atoms with Gasteiger partial charge in [-0.25, -0.2) is 0 Å². The lowest BCUT2D eigenvalue weighted by Gasteiger charge is -2.08. The first kappa shape index (κ1) is 12.8. The number of nitrogens with one attached hydrogen (secondary N) is 1. The minimum atomic E-state index is -4.45. The van der Waals surface area contributed by atoms with Gasteiger partial charge in [0.05, 0.1) is 4.47 Å². The Balaban J connectivity index is 2.70. The van der Waals surface area contributed by atoms with Crippen molar-refractivity contribution in [2.24, 2.45) is 0 Å². The molecule has 0 saturated carbocycles. The Labute approximate surface area is 97.4 Å². The number of benzene rings is 1. The van der Waals surface area contributed by atoms with E-state index in [1.807, 2.05) is 0 Å². The van der Waals surface area contributed by atoms with E-state index in [-0.39, 0.29) is 11.3 Å². The molecule has 0 bridgehead atoms. The summed E-state index contributed by atoms with van der Waals surface area (Å²) in [6.45, 7) is -1.40. The van der Waals surface area contributed by atoms with Crippen molar-refractivity contribution < 1.29 is 23.1 Å². The Morgan fingerprint density at radius 3 is 2.56 bits per heavy atom. The first-order chi connectivity index (χ1) is 7.29. The summed E-state index contributed by atoms with van der Waals surface area (Å²) in [6, 6.07) is 3.75. The highest BCUT2D eigenvalue weighted by molar-refractivity contribution is 9.10. The second kappa shape index (κ2) is 4.73. The van der Waals surface area contributed by atoms with E-state index < -0.39 is 18.6 Å². The average Bonchev–Trinajstić information content (AvgIpc) is 2.17. The molecule has 7 heteroatoms. The topological polar surface area (TPSA) is 49.3 Å². The standard InChI is InChI=1S/C9H7BrF3NO2/c10-6-2-1-5(3-7(6)15)8(16)14-4-9(11,12)13/h1-3,15H,4H2,(H,14,16). The molecule has 0 aliphatic heterocycles. The predicted molar refractivity (Wildman–Crippen MR) is 54.2 cm³/mol. The number of alkyl halides is 3. The Bertz CT molecular complexity index is 406. The first-order valence-electron chi connectivity index (χ1n) is 4.13. The summed E-state index contributed by atoms with van der Waals surface area (Å²) in [7, 11) is 0. The smallest absolute Gasteiger partial charge is 0.405 e. The number of hydrogen-bond acceptors (Lipinski definition) is 2. The maximum Gasteiger partial charge on any atom is 0.405 e. The number of phenols is 1. The minimum absolute atomic E-state index is 0.0371. The van der Waals surface area contributed by atoms with Gasteiger partial charge in [0.2, 0.25) is 0 Å². The molecule has 1 aromatic carbocycles. The van der Waals surface area contributed by atoms with Crippen LogP contribution in [0.4, 0.5) is 13.2 Å². The van der Waals surface area contributed by atoms with E-state index in [1.165, 1.54) is 12.1 Å². The molecule has 0 saturated heterocycles. The minimum Gasteiger partial charge on any atom is -0.507 e. The van der Waals surface area contributed by atoms with E-state index in [0.717, 1.165) is 6.07 Å². The monoisotopic (exact) mass is 297 g/mol. The van der Waals surface area contributed by atoms with E-state index >= 15 is 0 Å². The van der Waals surface area contributed by atoms with Crippen molar-refractivity contribution in [1.82, 2.24) is 5.32 Å². The van der Waals surface area contributed by atoms with Gasteiger partial charge in [-0.2, -0.15) is 13.2 Å². The van der Waals surface area contributed by atoms with Gasteiger partial charge in [-0.3, -0.25) is 4.79 Å². The van der Waals surface area contributed by atoms with Crippen LogP contribution in [0.5, 0.6) is 5.75 Å². The molecule has 1 rings (SSSR count). The number of amides is 1. The highest BCUT2D eigenvalue weighted by atomic mass is 79.9. The lowest BCUT2D eigenvalue weighted by molar-refractivity contribution is -0.123. The molecule has 0 radical (unpaired) electrons. The second-order valence-electron chi connectivity index (χ2n) is 2.96. The lowest BCUT2D eigenvalue weighted by atomic mass is 10.2. The van der Waals surface area contributed by atoms with Crippen molar-refractivity contribution in [2.75, 3.05) is 6.54 Å². The molecule has 0 aromatic heterocycles. The van der Waals surface area contributed by atoms with Crippen molar-refractivity contribution >= 4 is 21.8 Å². The zero-order valence-electron chi connectivity index (χ0n) is 7.81. The van der Waals surface area contributed by atoms with Crippen LogP contribution in [-0.4, -0.2) is 23.7 Å². The summed E-state index contributed by atoms with van der Waals surface area (Å²) in [4.78, 5) is 11.2. The third-order valence-corrected chi connectivity index (χ3v) is 2.33. The summed E-state index contributed by atoms with van der Waals surface area (Å²) in [5.74, 6) is -1.10. The van der Waals surface area contributed by atoms with Gasteiger partial charge in [0, 0.05) is 5.56 Å². The lowest BCUT2D eigenvalue weighted by Crippen LogP contribution is -2.33. The van der Waals surface area contributed by atoms with Crippen LogP contribution >= 0.6 is 15.9 Å². The summed E-state index contributed by atoms with van der Waals surface area (Å²) in [5.41, 5.74) is -0.0371. The van der Waals surface area contributed by atoms with Gasteiger partial charge in [0.1, 0.15) is 12.3 Å². The highest BCUT2D eigenvalue weighted by Gasteiger charge is 2.27. The third kappa shape index (κ3) is 3.73. The van der Waals surface area contributed by atoms with Gasteiger partial charge in [-0.15, -0.1) is 0 Å². The fourth-order valence-electron chi connectivity index (χ4n) is 0.936. The summed E-state index contributed by atoms with van der Waals surface area (Å²) < 4.78 is 35.8. The van der Waals surface area contributed by atoms with Crippen LogP contribution in [0.15, 0.2) is 22.7 Å². The quantitative estimate of drug-likeness (QED) is 0.881. The van der Waals surface area contributed by atoms with E-state index in [0.29, 0.717) is 4.47 Å². The molecule has 0 spiro atoms. The first-order valence-corrected chi connectivity index (χ1v) is 4.92. The van der Waals surface area contributed by atoms with Gasteiger partial charge < -0.3 is 10.4 Å². The molecule has 0 aliphatic carbocycles. The van der Waals surface area contributed by atoms with Crippen molar-refractivity contribution in [3.63, 3.8) is 0 Å². The van der Waals surface area contributed by atoms with E-state index in [9.17, 15) is 23.1 Å². The number of rotatable bonds is 2. The molecule has 0 aliphatic rings. The summed E-state index contributed by atoms with van der Waals surface area (Å²) in [5, 5.41) is 10.9. The molecule has 2 N–H and O–H groups in total. The van der Waals surface area contributed by atoms with Crippen LogP contribution in [0, 0.1) is 0 Å². The molecular weight excluding hydrogens is 291 g/mol. The Morgan fingerprint density at radius 1 is 1.44 bits per heavy atom. The fourth-order valence-corrected chi connectivity index (χ4v) is 1.18. The van der Waals surface area contributed by atoms with Crippen LogP contribution in [0.1, 0.15) is 10.4 Å². The Kier molecular flexibility index (Phi) is 3.79. The van der Waals surface area contributed by atoms with Crippen molar-refractivity contribution in [3.05, 3.63) is 28.2 Å². The zero-order valence-corrected chi connectivity index (χ0v) is 9.39.